The molecule has 0 aliphatic rings. The molecule has 0 fully saturated rings. The average Bonchev–Trinajstić information content (AvgIpc) is 2.64. The molecule has 0 amide bonds. The molecular formula is C23H26O4. The molecule has 0 atom stereocenters. The van der Waals surface area contributed by atoms with Crippen molar-refractivity contribution in [2.45, 2.75) is 32.6 Å². The molecular weight excluding hydrogens is 340 g/mol. The summed E-state index contributed by atoms with van der Waals surface area (Å²) in [5, 5.41) is 41.0. The van der Waals surface area contributed by atoms with E-state index in [9.17, 15) is 20.4 Å². The molecule has 4 N–H and O–H groups in total. The first-order valence-electron chi connectivity index (χ1n) is 8.91. The van der Waals surface area contributed by atoms with Crippen LogP contribution in [0.3, 0.4) is 0 Å². The lowest BCUT2D eigenvalue weighted by atomic mass is 9.95. The van der Waals surface area contributed by atoms with Crippen LogP contribution in [0.1, 0.15) is 34.7 Å². The molecule has 0 aliphatic heterocycles. The maximum Gasteiger partial charge on any atom is 0.126 e. The Balaban J connectivity index is 2.33. The molecule has 2 rings (SSSR count). The molecule has 0 heterocycles. The van der Waals surface area contributed by atoms with Gasteiger partial charge in [-0.05, 0) is 49.4 Å². The highest BCUT2D eigenvalue weighted by molar-refractivity contribution is 5.65. The van der Waals surface area contributed by atoms with Crippen LogP contribution in [0, 0.1) is 0 Å². The van der Waals surface area contributed by atoms with E-state index in [0.29, 0.717) is 53.5 Å². The first-order chi connectivity index (χ1) is 12.9. The Labute approximate surface area is 160 Å². The van der Waals surface area contributed by atoms with E-state index >= 15 is 0 Å². The highest BCUT2D eigenvalue weighted by Gasteiger charge is 2.14. The van der Waals surface area contributed by atoms with Crippen molar-refractivity contribution >= 4 is 6.08 Å². The highest BCUT2D eigenvalue weighted by atomic mass is 16.3. The van der Waals surface area contributed by atoms with Crippen molar-refractivity contribution in [3.05, 3.63) is 77.4 Å². The summed E-state index contributed by atoms with van der Waals surface area (Å²) in [5.74, 6) is 0.461. The number of phenols is 4. The van der Waals surface area contributed by atoms with Gasteiger partial charge in [-0.3, -0.25) is 0 Å². The minimum Gasteiger partial charge on any atom is -0.508 e. The molecule has 142 valence electrons. The van der Waals surface area contributed by atoms with Crippen molar-refractivity contribution in [1.29, 1.82) is 0 Å². The van der Waals surface area contributed by atoms with E-state index in [1.807, 2.05) is 6.92 Å². The second-order valence-corrected chi connectivity index (χ2v) is 6.35. The third kappa shape index (κ3) is 4.53. The van der Waals surface area contributed by atoms with Crippen LogP contribution in [0.4, 0.5) is 0 Å². The lowest BCUT2D eigenvalue weighted by Gasteiger charge is -2.13. The third-order valence-corrected chi connectivity index (χ3v) is 4.52. The predicted octanol–water partition coefficient (Wildman–Crippen LogP) is 4.78. The number of hydrogen-bond acceptors (Lipinski definition) is 4. The lowest BCUT2D eigenvalue weighted by molar-refractivity contribution is 0.449. The van der Waals surface area contributed by atoms with Gasteiger partial charge in [0.05, 0.1) is 0 Å². The molecule has 0 aliphatic carbocycles. The molecule has 0 unspecified atom stereocenters. The second-order valence-electron chi connectivity index (χ2n) is 6.35. The van der Waals surface area contributed by atoms with Crippen LogP contribution in [0.15, 0.2) is 49.6 Å². The predicted molar refractivity (Wildman–Crippen MR) is 109 cm³/mol. The summed E-state index contributed by atoms with van der Waals surface area (Å²) in [6.07, 6.45) is 8.67. The van der Waals surface area contributed by atoms with Crippen LogP contribution in [-0.4, -0.2) is 20.4 Å². The summed E-state index contributed by atoms with van der Waals surface area (Å²) in [7, 11) is 0. The fourth-order valence-electron chi connectivity index (χ4n) is 3.06. The Morgan fingerprint density at radius 2 is 1.37 bits per heavy atom. The number of aryl methyl sites for hydroxylation is 1. The summed E-state index contributed by atoms with van der Waals surface area (Å²) >= 11 is 0. The van der Waals surface area contributed by atoms with E-state index in [4.69, 9.17) is 0 Å². The van der Waals surface area contributed by atoms with Crippen LogP contribution in [-0.2, 0) is 25.7 Å². The van der Waals surface area contributed by atoms with Gasteiger partial charge in [-0.15, -0.1) is 13.2 Å². The van der Waals surface area contributed by atoms with Crippen LogP contribution in [0.25, 0.3) is 6.08 Å². The zero-order chi connectivity index (χ0) is 20.0. The fourth-order valence-corrected chi connectivity index (χ4v) is 3.06. The largest absolute Gasteiger partial charge is 0.508 e. The Morgan fingerprint density at radius 1 is 0.778 bits per heavy atom. The molecule has 4 heteroatoms. The van der Waals surface area contributed by atoms with Crippen LogP contribution in [0.2, 0.25) is 0 Å². The zero-order valence-corrected chi connectivity index (χ0v) is 15.6. The smallest absolute Gasteiger partial charge is 0.126 e. The van der Waals surface area contributed by atoms with Gasteiger partial charge in [-0.2, -0.15) is 0 Å². The first-order valence-corrected chi connectivity index (χ1v) is 8.91. The van der Waals surface area contributed by atoms with Gasteiger partial charge in [-0.1, -0.05) is 31.2 Å². The quantitative estimate of drug-likeness (QED) is 0.400. The molecule has 27 heavy (non-hydrogen) atoms. The molecule has 2 aromatic rings. The van der Waals surface area contributed by atoms with Gasteiger partial charge < -0.3 is 20.4 Å². The van der Waals surface area contributed by atoms with Crippen LogP contribution in [0.5, 0.6) is 23.0 Å². The van der Waals surface area contributed by atoms with Gasteiger partial charge in [0.2, 0.25) is 0 Å². The summed E-state index contributed by atoms with van der Waals surface area (Å²) < 4.78 is 0. The molecule has 0 saturated carbocycles. The van der Waals surface area contributed by atoms with Crippen molar-refractivity contribution in [2.24, 2.45) is 0 Å². The highest BCUT2D eigenvalue weighted by Crippen LogP contribution is 2.35. The van der Waals surface area contributed by atoms with Crippen molar-refractivity contribution in [3.63, 3.8) is 0 Å². The normalized spacial score (nSPS) is 11.0. The van der Waals surface area contributed by atoms with Crippen molar-refractivity contribution < 1.29 is 20.4 Å². The van der Waals surface area contributed by atoms with E-state index in [0.717, 1.165) is 0 Å². The topological polar surface area (TPSA) is 80.9 Å². The number of allylic oxidation sites excluding steroid dienone is 3. The monoisotopic (exact) mass is 366 g/mol. The molecule has 0 saturated heterocycles. The van der Waals surface area contributed by atoms with E-state index in [1.165, 1.54) is 6.07 Å². The van der Waals surface area contributed by atoms with E-state index in [1.54, 1.807) is 36.4 Å². The Morgan fingerprint density at radius 3 is 2.00 bits per heavy atom. The van der Waals surface area contributed by atoms with Crippen molar-refractivity contribution in [1.82, 2.24) is 0 Å². The first kappa shape index (κ1) is 20.2. The van der Waals surface area contributed by atoms with Crippen LogP contribution < -0.4 is 0 Å². The lowest BCUT2D eigenvalue weighted by Crippen LogP contribution is -1.96. The number of hydrogen-bond donors (Lipinski definition) is 4. The number of benzene rings is 2. The maximum atomic E-state index is 10.6. The van der Waals surface area contributed by atoms with Crippen LogP contribution >= 0.6 is 0 Å². The van der Waals surface area contributed by atoms with Gasteiger partial charge in [0.1, 0.15) is 23.0 Å². The van der Waals surface area contributed by atoms with Gasteiger partial charge in [-0.25, -0.2) is 0 Å². The molecule has 0 aromatic heterocycles. The van der Waals surface area contributed by atoms with E-state index in [-0.39, 0.29) is 23.0 Å². The summed E-state index contributed by atoms with van der Waals surface area (Å²) in [5.41, 5.74) is 3.01. The fraction of sp³-hybridized carbons (Fsp3) is 0.217. The minimum atomic E-state index is 0.0919. The van der Waals surface area contributed by atoms with Gasteiger partial charge in [0.15, 0.2) is 0 Å². The average molecular weight is 366 g/mol. The summed E-state index contributed by atoms with van der Waals surface area (Å²) in [6.45, 7) is 9.29. The second kappa shape index (κ2) is 8.99. The van der Waals surface area contributed by atoms with E-state index in [2.05, 4.69) is 13.2 Å². The summed E-state index contributed by atoms with van der Waals surface area (Å²) in [6, 6.07) is 4.62. The Kier molecular flexibility index (Phi) is 6.72. The molecule has 0 radical (unpaired) electrons. The van der Waals surface area contributed by atoms with Gasteiger partial charge in [0, 0.05) is 22.3 Å². The molecule has 0 spiro atoms. The van der Waals surface area contributed by atoms with Gasteiger partial charge in [0.25, 0.3) is 0 Å². The van der Waals surface area contributed by atoms with Crippen molar-refractivity contribution in [3.8, 4) is 23.0 Å². The number of aromatic hydroxyl groups is 4. The van der Waals surface area contributed by atoms with E-state index < -0.39 is 0 Å². The molecule has 0 bridgehead atoms. The summed E-state index contributed by atoms with van der Waals surface area (Å²) in [4.78, 5) is 0. The minimum absolute atomic E-state index is 0.0919. The Bertz CT molecular complexity index is 879. The Hall–Kier alpha value is -3.14. The van der Waals surface area contributed by atoms with Gasteiger partial charge >= 0.3 is 0 Å². The zero-order valence-electron chi connectivity index (χ0n) is 15.6. The number of rotatable bonds is 8. The third-order valence-electron chi connectivity index (χ3n) is 4.52. The molecule has 2 aromatic carbocycles. The SMILES string of the molecule is C=CCc1c(O)cc(/C=C/Cc2cc(O)c(CC)cc2O)c(O)c1CC=C. The maximum absolute atomic E-state index is 10.6. The van der Waals surface area contributed by atoms with Crippen molar-refractivity contribution in [2.75, 3.05) is 0 Å². The standard InChI is InChI=1S/C23H26O4/c1-4-8-18-19(9-5-2)23(27)17(14-22(18)26)11-7-10-16-13-20(24)15(6-3)12-21(16)25/h4-5,7,11-14,24-27H,1-2,6,8-10H2,3H3/b11-7+. The number of phenolic OH excluding ortho intramolecular Hbond substituents is 4. The molecule has 4 nitrogen and oxygen atoms in total.